The molecule has 1 rings (SSSR count). The summed E-state index contributed by atoms with van der Waals surface area (Å²) in [6.07, 6.45) is 0. The first-order valence-corrected chi connectivity index (χ1v) is 3.95. The van der Waals surface area contributed by atoms with Crippen LogP contribution in [0, 0.1) is 0 Å². The molecule has 0 N–H and O–H groups in total. The van der Waals surface area contributed by atoms with Gasteiger partial charge in [0.1, 0.15) is 0 Å². The van der Waals surface area contributed by atoms with E-state index in [1.54, 1.807) is 0 Å². The van der Waals surface area contributed by atoms with Gasteiger partial charge < -0.3 is 9.47 Å². The first-order chi connectivity index (χ1) is 6.69. The van der Waals surface area contributed by atoms with Crippen LogP contribution in [-0.2, 0) is 9.47 Å². The van der Waals surface area contributed by atoms with E-state index in [-0.39, 0.29) is 7.43 Å². The molecule has 1 aromatic rings. The predicted molar refractivity (Wildman–Crippen MR) is 55.9 cm³/mol. The van der Waals surface area contributed by atoms with Crippen molar-refractivity contribution in [3.8, 4) is 0 Å². The summed E-state index contributed by atoms with van der Waals surface area (Å²) in [5.74, 6) is -0.858. The minimum absolute atomic E-state index is 0. The van der Waals surface area contributed by atoms with E-state index in [0.29, 0.717) is 11.1 Å². The molecule has 15 heavy (non-hydrogen) atoms. The number of carbonyl (C=O) groups is 2. The van der Waals surface area contributed by atoms with Crippen LogP contribution in [0.25, 0.3) is 0 Å². The zero-order chi connectivity index (χ0) is 10.6. The smallest absolute Gasteiger partial charge is 0.337 e. The van der Waals surface area contributed by atoms with Crippen LogP contribution in [0.4, 0.5) is 0 Å². The molecule has 0 atom stereocenters. The van der Waals surface area contributed by atoms with E-state index in [4.69, 9.17) is 0 Å². The summed E-state index contributed by atoms with van der Waals surface area (Å²) >= 11 is 0. The zero-order valence-electron chi connectivity index (χ0n) is 7.94. The molecule has 0 aliphatic heterocycles. The number of benzene rings is 1. The second-order valence-electron chi connectivity index (χ2n) is 2.56. The van der Waals surface area contributed by atoms with Gasteiger partial charge in [-0.1, -0.05) is 7.43 Å². The molecule has 0 heterocycles. The Hall–Kier alpha value is -1.84. The molecule has 0 amide bonds. The standard InChI is InChI=1S/C10H10O4.CH4/c1-13-9(11)7-3-5-8(6-4-7)10(12)14-2;/h3-6H,1-2H3;1H4. The highest BCUT2D eigenvalue weighted by Gasteiger charge is 2.08. The highest BCUT2D eigenvalue weighted by atomic mass is 16.5. The van der Waals surface area contributed by atoms with Gasteiger partial charge in [-0.15, -0.1) is 0 Å². The molecule has 1 aromatic carbocycles. The summed E-state index contributed by atoms with van der Waals surface area (Å²) in [4.78, 5) is 22.1. The van der Waals surface area contributed by atoms with Crippen molar-refractivity contribution in [2.45, 2.75) is 7.43 Å². The third-order valence-corrected chi connectivity index (χ3v) is 1.73. The Balaban J connectivity index is 0.00000196. The van der Waals surface area contributed by atoms with E-state index in [9.17, 15) is 9.59 Å². The molecular formula is C11H14O4. The molecule has 0 bridgehead atoms. The lowest BCUT2D eigenvalue weighted by Crippen LogP contribution is -2.04. The number of ether oxygens (including phenoxy) is 2. The third-order valence-electron chi connectivity index (χ3n) is 1.73. The highest BCUT2D eigenvalue weighted by Crippen LogP contribution is 2.06. The van der Waals surface area contributed by atoms with Gasteiger partial charge in [0.15, 0.2) is 0 Å². The fourth-order valence-corrected chi connectivity index (χ4v) is 0.978. The molecule has 82 valence electrons. The average molecular weight is 210 g/mol. The maximum absolute atomic E-state index is 11.0. The lowest BCUT2D eigenvalue weighted by atomic mass is 10.1. The van der Waals surface area contributed by atoms with Gasteiger partial charge in [-0.2, -0.15) is 0 Å². The Bertz CT molecular complexity index is 305. The van der Waals surface area contributed by atoms with Crippen molar-refractivity contribution in [1.82, 2.24) is 0 Å². The van der Waals surface area contributed by atoms with Crippen molar-refractivity contribution < 1.29 is 19.1 Å². The lowest BCUT2D eigenvalue weighted by Gasteiger charge is -2.00. The molecule has 0 fully saturated rings. The van der Waals surface area contributed by atoms with Crippen molar-refractivity contribution in [3.63, 3.8) is 0 Å². The Labute approximate surface area is 88.8 Å². The van der Waals surface area contributed by atoms with E-state index in [2.05, 4.69) is 9.47 Å². The van der Waals surface area contributed by atoms with Crippen LogP contribution in [0.2, 0.25) is 0 Å². The van der Waals surface area contributed by atoms with Gasteiger partial charge in [-0.05, 0) is 24.3 Å². The Kier molecular flexibility index (Phi) is 5.09. The van der Waals surface area contributed by atoms with Crippen LogP contribution in [0.15, 0.2) is 24.3 Å². The number of methoxy groups -OCH3 is 2. The van der Waals surface area contributed by atoms with Crippen LogP contribution in [0.5, 0.6) is 0 Å². The van der Waals surface area contributed by atoms with Gasteiger partial charge >= 0.3 is 11.9 Å². The van der Waals surface area contributed by atoms with E-state index in [1.165, 1.54) is 38.5 Å². The van der Waals surface area contributed by atoms with Crippen LogP contribution in [0.1, 0.15) is 28.1 Å². The van der Waals surface area contributed by atoms with Gasteiger partial charge in [0.2, 0.25) is 0 Å². The summed E-state index contributed by atoms with van der Waals surface area (Å²) < 4.78 is 9.02. The first kappa shape index (κ1) is 13.2. The largest absolute Gasteiger partial charge is 0.465 e. The van der Waals surface area contributed by atoms with E-state index in [1.807, 2.05) is 0 Å². The van der Waals surface area contributed by atoms with Crippen molar-refractivity contribution in [2.24, 2.45) is 0 Å². The zero-order valence-corrected chi connectivity index (χ0v) is 7.94. The Morgan fingerprint density at radius 3 is 1.33 bits per heavy atom. The van der Waals surface area contributed by atoms with Crippen molar-refractivity contribution in [3.05, 3.63) is 35.4 Å². The maximum Gasteiger partial charge on any atom is 0.337 e. The second-order valence-corrected chi connectivity index (χ2v) is 2.56. The molecule has 4 heteroatoms. The van der Waals surface area contributed by atoms with Crippen molar-refractivity contribution in [1.29, 1.82) is 0 Å². The van der Waals surface area contributed by atoms with Gasteiger partial charge in [0, 0.05) is 0 Å². The van der Waals surface area contributed by atoms with Crippen LogP contribution >= 0.6 is 0 Å². The molecule has 0 spiro atoms. The van der Waals surface area contributed by atoms with E-state index < -0.39 is 11.9 Å². The number of esters is 2. The molecule has 0 saturated heterocycles. The summed E-state index contributed by atoms with van der Waals surface area (Å²) in [5.41, 5.74) is 0.806. The summed E-state index contributed by atoms with van der Waals surface area (Å²) in [6, 6.07) is 6.05. The first-order valence-electron chi connectivity index (χ1n) is 3.95. The summed E-state index contributed by atoms with van der Waals surface area (Å²) in [5, 5.41) is 0. The van der Waals surface area contributed by atoms with Gasteiger partial charge in [-0.25, -0.2) is 9.59 Å². The molecular weight excluding hydrogens is 196 g/mol. The summed E-state index contributed by atoms with van der Waals surface area (Å²) in [7, 11) is 2.60. The quantitative estimate of drug-likeness (QED) is 0.699. The maximum atomic E-state index is 11.0. The number of rotatable bonds is 2. The molecule has 0 aromatic heterocycles. The minimum Gasteiger partial charge on any atom is -0.465 e. The monoisotopic (exact) mass is 210 g/mol. The number of carbonyl (C=O) groups excluding carboxylic acids is 2. The number of hydrogen-bond donors (Lipinski definition) is 0. The highest BCUT2D eigenvalue weighted by molar-refractivity contribution is 5.93. The van der Waals surface area contributed by atoms with Gasteiger partial charge in [0.25, 0.3) is 0 Å². The Morgan fingerprint density at radius 2 is 1.13 bits per heavy atom. The van der Waals surface area contributed by atoms with Crippen LogP contribution < -0.4 is 0 Å². The SMILES string of the molecule is C.COC(=O)c1ccc(C(=O)OC)cc1. The van der Waals surface area contributed by atoms with Crippen molar-refractivity contribution >= 4 is 11.9 Å². The van der Waals surface area contributed by atoms with Gasteiger partial charge in [-0.3, -0.25) is 0 Å². The normalized spacial score (nSPS) is 8.67. The molecule has 0 radical (unpaired) electrons. The lowest BCUT2D eigenvalue weighted by molar-refractivity contribution is 0.0586. The topological polar surface area (TPSA) is 52.6 Å². The number of hydrogen-bond acceptors (Lipinski definition) is 4. The van der Waals surface area contributed by atoms with E-state index in [0.717, 1.165) is 0 Å². The van der Waals surface area contributed by atoms with Crippen LogP contribution in [0.3, 0.4) is 0 Å². The molecule has 0 aliphatic carbocycles. The van der Waals surface area contributed by atoms with E-state index >= 15 is 0 Å². The Morgan fingerprint density at radius 1 is 0.867 bits per heavy atom. The minimum atomic E-state index is -0.429. The van der Waals surface area contributed by atoms with Crippen LogP contribution in [-0.4, -0.2) is 26.2 Å². The molecule has 0 saturated carbocycles. The molecule has 0 unspecified atom stereocenters. The summed E-state index contributed by atoms with van der Waals surface area (Å²) in [6.45, 7) is 0. The molecule has 4 nitrogen and oxygen atoms in total. The van der Waals surface area contributed by atoms with Gasteiger partial charge in [0.05, 0.1) is 25.3 Å². The second kappa shape index (κ2) is 5.80. The van der Waals surface area contributed by atoms with Crippen molar-refractivity contribution in [2.75, 3.05) is 14.2 Å². The average Bonchev–Trinajstić information content (AvgIpc) is 2.27. The predicted octanol–water partition coefficient (Wildman–Crippen LogP) is 1.90. The third kappa shape index (κ3) is 3.09. The molecule has 0 aliphatic rings. The fourth-order valence-electron chi connectivity index (χ4n) is 0.978. The fraction of sp³-hybridized carbons (Fsp3) is 0.273.